The molecule has 1 atom stereocenters. The molecule has 1 aliphatic carbocycles. The third kappa shape index (κ3) is 7.17. The summed E-state index contributed by atoms with van der Waals surface area (Å²) in [4.78, 5) is 40.2. The molecule has 8 nitrogen and oxygen atoms in total. The normalized spacial score (nSPS) is 16.1. The predicted octanol–water partition coefficient (Wildman–Crippen LogP) is 2.98. The van der Waals surface area contributed by atoms with Crippen LogP contribution < -0.4 is 16.4 Å². The summed E-state index contributed by atoms with van der Waals surface area (Å²) in [6, 6.07) is 2.27. The Balaban J connectivity index is 2.05. The number of nitrogens with zero attached hydrogens (tertiary/aromatic N) is 1. The van der Waals surface area contributed by atoms with Gasteiger partial charge in [0.25, 0.3) is 0 Å². The minimum atomic E-state index is -0.726. The highest BCUT2D eigenvalue weighted by molar-refractivity contribution is 5.96. The molecule has 0 saturated heterocycles. The molecule has 1 aromatic heterocycles. The van der Waals surface area contributed by atoms with Crippen LogP contribution in [0.15, 0.2) is 18.3 Å². The Labute approximate surface area is 165 Å². The number of carbonyl (C=O) groups excluding carboxylic acids is 3. The van der Waals surface area contributed by atoms with Crippen LogP contribution in [-0.4, -0.2) is 34.5 Å². The first-order chi connectivity index (χ1) is 13.1. The number of amides is 3. The zero-order valence-corrected chi connectivity index (χ0v) is 16.8. The number of hydrogen-bond acceptors (Lipinski definition) is 5. The molecule has 1 saturated carbocycles. The second kappa shape index (κ2) is 9.52. The van der Waals surface area contributed by atoms with E-state index in [1.54, 1.807) is 20.8 Å². The fourth-order valence-corrected chi connectivity index (χ4v) is 3.26. The van der Waals surface area contributed by atoms with Crippen molar-refractivity contribution in [2.24, 2.45) is 11.7 Å². The molecule has 3 amide bonds. The zero-order chi connectivity index (χ0) is 20.7. The van der Waals surface area contributed by atoms with E-state index < -0.39 is 23.6 Å². The van der Waals surface area contributed by atoms with Gasteiger partial charge in [-0.1, -0.05) is 32.1 Å². The van der Waals surface area contributed by atoms with Crippen LogP contribution in [0.4, 0.5) is 10.6 Å². The lowest BCUT2D eigenvalue weighted by atomic mass is 9.84. The van der Waals surface area contributed by atoms with Crippen molar-refractivity contribution < 1.29 is 19.1 Å². The van der Waals surface area contributed by atoms with E-state index in [0.717, 1.165) is 25.7 Å². The molecule has 1 heterocycles. The molecule has 0 aliphatic heterocycles. The Morgan fingerprint density at radius 1 is 1.21 bits per heavy atom. The van der Waals surface area contributed by atoms with E-state index in [4.69, 9.17) is 10.5 Å². The Bertz CT molecular complexity index is 691. The lowest BCUT2D eigenvalue weighted by Crippen LogP contribution is -2.47. The van der Waals surface area contributed by atoms with E-state index in [1.165, 1.54) is 24.8 Å². The molecule has 2 rings (SSSR count). The van der Waals surface area contributed by atoms with E-state index in [-0.39, 0.29) is 17.3 Å². The third-order valence-corrected chi connectivity index (χ3v) is 4.60. The van der Waals surface area contributed by atoms with Crippen molar-refractivity contribution in [1.29, 1.82) is 0 Å². The van der Waals surface area contributed by atoms with Gasteiger partial charge in [-0.05, 0) is 45.2 Å². The molecule has 8 heteroatoms. The van der Waals surface area contributed by atoms with Crippen molar-refractivity contribution in [2.75, 3.05) is 5.32 Å². The van der Waals surface area contributed by atoms with Gasteiger partial charge in [0, 0.05) is 6.20 Å². The number of primary amides is 1. The van der Waals surface area contributed by atoms with E-state index in [0.29, 0.717) is 12.3 Å². The Morgan fingerprint density at radius 3 is 2.43 bits per heavy atom. The topological polar surface area (TPSA) is 123 Å². The van der Waals surface area contributed by atoms with Crippen LogP contribution in [0, 0.1) is 5.92 Å². The second-order valence-corrected chi connectivity index (χ2v) is 8.22. The molecule has 1 aromatic rings. The number of carbonyl (C=O) groups is 3. The number of rotatable bonds is 6. The van der Waals surface area contributed by atoms with Gasteiger partial charge in [0.1, 0.15) is 17.5 Å². The maximum atomic E-state index is 12.8. The molecular weight excluding hydrogens is 360 g/mol. The van der Waals surface area contributed by atoms with Gasteiger partial charge in [0.15, 0.2) is 0 Å². The molecular formula is C20H30N4O4. The first kappa shape index (κ1) is 21.7. The van der Waals surface area contributed by atoms with Crippen LogP contribution >= 0.6 is 0 Å². The summed E-state index contributed by atoms with van der Waals surface area (Å²) in [5.41, 5.74) is 4.80. The van der Waals surface area contributed by atoms with Gasteiger partial charge in [-0.15, -0.1) is 0 Å². The number of pyridine rings is 1. The minimum absolute atomic E-state index is 0.253. The minimum Gasteiger partial charge on any atom is -0.444 e. The van der Waals surface area contributed by atoms with Crippen LogP contribution in [0.3, 0.4) is 0 Å². The second-order valence-electron chi connectivity index (χ2n) is 8.22. The van der Waals surface area contributed by atoms with Crippen molar-refractivity contribution >= 4 is 23.7 Å². The summed E-state index contributed by atoms with van der Waals surface area (Å²) in [6.45, 7) is 5.31. The smallest absolute Gasteiger partial charge is 0.408 e. The Hall–Kier alpha value is -2.64. The molecule has 1 unspecified atom stereocenters. The maximum absolute atomic E-state index is 12.8. The van der Waals surface area contributed by atoms with Crippen molar-refractivity contribution in [1.82, 2.24) is 10.3 Å². The molecule has 0 aromatic carbocycles. The van der Waals surface area contributed by atoms with Crippen molar-refractivity contribution in [3.8, 4) is 0 Å². The van der Waals surface area contributed by atoms with Gasteiger partial charge in [-0.3, -0.25) is 9.59 Å². The number of anilines is 1. The molecule has 154 valence electrons. The SMILES string of the molecule is CC(C)(C)OC(=O)NC(CC1CCCCC1)C(=O)Nc1ccc(C(N)=O)cn1. The number of hydrogen-bond donors (Lipinski definition) is 3. The lowest BCUT2D eigenvalue weighted by molar-refractivity contribution is -0.118. The fourth-order valence-electron chi connectivity index (χ4n) is 3.26. The first-order valence-electron chi connectivity index (χ1n) is 9.70. The average Bonchev–Trinajstić information content (AvgIpc) is 2.61. The summed E-state index contributed by atoms with van der Waals surface area (Å²) >= 11 is 0. The third-order valence-electron chi connectivity index (χ3n) is 4.60. The zero-order valence-electron chi connectivity index (χ0n) is 16.8. The molecule has 28 heavy (non-hydrogen) atoms. The van der Waals surface area contributed by atoms with Gasteiger partial charge in [0.2, 0.25) is 11.8 Å². The highest BCUT2D eigenvalue weighted by Gasteiger charge is 2.28. The largest absolute Gasteiger partial charge is 0.444 e. The monoisotopic (exact) mass is 390 g/mol. The quantitative estimate of drug-likeness (QED) is 0.689. The summed E-state index contributed by atoms with van der Waals surface area (Å²) in [6.07, 6.45) is 6.81. The molecule has 0 radical (unpaired) electrons. The average molecular weight is 390 g/mol. The van der Waals surface area contributed by atoms with E-state index in [2.05, 4.69) is 15.6 Å². The van der Waals surface area contributed by atoms with Gasteiger partial charge in [0.05, 0.1) is 5.56 Å². The maximum Gasteiger partial charge on any atom is 0.408 e. The first-order valence-corrected chi connectivity index (χ1v) is 9.70. The van der Waals surface area contributed by atoms with Gasteiger partial charge in [-0.2, -0.15) is 0 Å². The van der Waals surface area contributed by atoms with E-state index >= 15 is 0 Å². The van der Waals surface area contributed by atoms with Crippen LogP contribution in [0.25, 0.3) is 0 Å². The van der Waals surface area contributed by atoms with Gasteiger partial charge < -0.3 is 21.1 Å². The number of nitrogens with one attached hydrogen (secondary N) is 2. The Kier molecular flexibility index (Phi) is 7.37. The Morgan fingerprint density at radius 2 is 1.89 bits per heavy atom. The van der Waals surface area contributed by atoms with Crippen molar-refractivity contribution in [3.63, 3.8) is 0 Å². The summed E-state index contributed by atoms with van der Waals surface area (Å²) in [5.74, 6) is -0.290. The highest BCUT2D eigenvalue weighted by Crippen LogP contribution is 2.27. The van der Waals surface area contributed by atoms with Gasteiger partial charge in [-0.25, -0.2) is 9.78 Å². The standard InChI is InChI=1S/C20H30N4O4/c1-20(2,3)28-19(27)23-15(11-13-7-5-4-6-8-13)18(26)24-16-10-9-14(12-22-16)17(21)25/h9-10,12-13,15H,4-8,11H2,1-3H3,(H2,21,25)(H,23,27)(H,22,24,26). The molecule has 1 fully saturated rings. The van der Waals surface area contributed by atoms with Crippen LogP contribution in [0.1, 0.15) is 69.7 Å². The van der Waals surface area contributed by atoms with Crippen molar-refractivity contribution in [3.05, 3.63) is 23.9 Å². The summed E-state index contributed by atoms with van der Waals surface area (Å²) < 4.78 is 5.30. The number of nitrogens with two attached hydrogens (primary N) is 1. The van der Waals surface area contributed by atoms with Crippen LogP contribution in [-0.2, 0) is 9.53 Å². The fraction of sp³-hybridized carbons (Fsp3) is 0.600. The molecule has 4 N–H and O–H groups in total. The van der Waals surface area contributed by atoms with Crippen LogP contribution in [0.5, 0.6) is 0 Å². The van der Waals surface area contributed by atoms with Crippen LogP contribution in [0.2, 0.25) is 0 Å². The summed E-state index contributed by atoms with van der Waals surface area (Å²) in [5, 5.41) is 5.39. The predicted molar refractivity (Wildman–Crippen MR) is 106 cm³/mol. The number of aromatic nitrogens is 1. The van der Waals surface area contributed by atoms with Gasteiger partial charge >= 0.3 is 6.09 Å². The molecule has 0 bridgehead atoms. The van der Waals surface area contributed by atoms with E-state index in [9.17, 15) is 14.4 Å². The molecule has 1 aliphatic rings. The molecule has 0 spiro atoms. The summed E-state index contributed by atoms with van der Waals surface area (Å²) in [7, 11) is 0. The van der Waals surface area contributed by atoms with E-state index in [1.807, 2.05) is 0 Å². The number of alkyl carbamates (subject to hydrolysis) is 1. The van der Waals surface area contributed by atoms with Crippen molar-refractivity contribution in [2.45, 2.75) is 70.9 Å². The lowest BCUT2D eigenvalue weighted by Gasteiger charge is -2.27. The number of ether oxygens (including phenoxy) is 1. The highest BCUT2D eigenvalue weighted by atomic mass is 16.6.